The molecule has 0 radical (unpaired) electrons. The van der Waals surface area contributed by atoms with E-state index in [2.05, 4.69) is 15.6 Å². The third kappa shape index (κ3) is 9.92. The molecule has 0 spiro atoms. The maximum atomic E-state index is 11.6. The Bertz CT molecular complexity index is 796. The number of aliphatic imine (C=N–C) groups is 1. The quantitative estimate of drug-likeness (QED) is 0.240. The highest BCUT2D eigenvalue weighted by Gasteiger charge is 2.24. The van der Waals surface area contributed by atoms with Crippen LogP contribution in [0.3, 0.4) is 0 Å². The van der Waals surface area contributed by atoms with Crippen LogP contribution >= 0.6 is 24.0 Å². The van der Waals surface area contributed by atoms with E-state index in [4.69, 9.17) is 4.74 Å². The molecule has 1 aliphatic rings. The van der Waals surface area contributed by atoms with Crippen LogP contribution in [0.15, 0.2) is 29.3 Å². The molecular weight excluding hydrogens is 531 g/mol. The maximum absolute atomic E-state index is 11.6. The number of halogens is 1. The van der Waals surface area contributed by atoms with Gasteiger partial charge in [-0.25, -0.2) is 12.7 Å². The van der Waals surface area contributed by atoms with Gasteiger partial charge in [-0.15, -0.1) is 24.0 Å². The molecular formula is C21H37IN4O4S. The van der Waals surface area contributed by atoms with Crippen molar-refractivity contribution in [1.29, 1.82) is 0 Å². The molecule has 0 aliphatic carbocycles. The normalized spacial score (nSPS) is 17.2. The largest absolute Gasteiger partial charge is 0.491 e. The molecule has 1 atom stereocenters. The SMILES string of the molecule is CCNC(=NCC(O)c1cccc(OC(C)C)c1)NCC1CCN(S(C)(=O)=O)CC1.I. The summed E-state index contributed by atoms with van der Waals surface area (Å²) < 4.78 is 30.5. The molecule has 178 valence electrons. The van der Waals surface area contributed by atoms with Crippen molar-refractivity contribution in [2.75, 3.05) is 39.0 Å². The number of aliphatic hydroxyl groups is 1. The molecule has 0 amide bonds. The summed E-state index contributed by atoms with van der Waals surface area (Å²) in [6.07, 6.45) is 2.26. The average molecular weight is 569 g/mol. The Morgan fingerprint density at radius 2 is 1.97 bits per heavy atom. The van der Waals surface area contributed by atoms with Crippen LogP contribution in [0.2, 0.25) is 0 Å². The minimum Gasteiger partial charge on any atom is -0.491 e. The van der Waals surface area contributed by atoms with Gasteiger partial charge in [0.1, 0.15) is 5.75 Å². The van der Waals surface area contributed by atoms with Crippen LogP contribution < -0.4 is 15.4 Å². The molecule has 1 saturated heterocycles. The second-order valence-corrected chi connectivity index (χ2v) is 9.94. The number of hydrogen-bond donors (Lipinski definition) is 3. The molecule has 0 saturated carbocycles. The van der Waals surface area contributed by atoms with E-state index in [1.165, 1.54) is 10.6 Å². The van der Waals surface area contributed by atoms with E-state index < -0.39 is 16.1 Å². The van der Waals surface area contributed by atoms with Crippen molar-refractivity contribution in [2.45, 2.75) is 45.8 Å². The van der Waals surface area contributed by atoms with Gasteiger partial charge >= 0.3 is 0 Å². The lowest BCUT2D eigenvalue weighted by Gasteiger charge is -2.30. The lowest BCUT2D eigenvalue weighted by Crippen LogP contribution is -2.44. The van der Waals surface area contributed by atoms with Gasteiger partial charge < -0.3 is 20.5 Å². The van der Waals surface area contributed by atoms with Gasteiger partial charge in [0.05, 0.1) is 25.0 Å². The van der Waals surface area contributed by atoms with Gasteiger partial charge in [0.2, 0.25) is 10.0 Å². The molecule has 2 rings (SSSR count). The van der Waals surface area contributed by atoms with Crippen molar-refractivity contribution >= 4 is 40.0 Å². The third-order valence-electron chi connectivity index (χ3n) is 4.98. The summed E-state index contributed by atoms with van der Waals surface area (Å²) in [5, 5.41) is 17.1. The van der Waals surface area contributed by atoms with E-state index in [1.807, 2.05) is 45.0 Å². The number of aliphatic hydroxyl groups excluding tert-OH is 1. The van der Waals surface area contributed by atoms with Crippen molar-refractivity contribution in [2.24, 2.45) is 10.9 Å². The van der Waals surface area contributed by atoms with Gasteiger partial charge in [0.25, 0.3) is 0 Å². The fraction of sp³-hybridized carbons (Fsp3) is 0.667. The molecule has 1 aromatic rings. The third-order valence-corrected chi connectivity index (χ3v) is 6.29. The molecule has 31 heavy (non-hydrogen) atoms. The Balaban J connectivity index is 0.00000480. The number of benzene rings is 1. The van der Waals surface area contributed by atoms with E-state index >= 15 is 0 Å². The minimum atomic E-state index is -3.10. The molecule has 1 aliphatic heterocycles. The molecule has 1 aromatic carbocycles. The number of piperidine rings is 1. The Hall–Kier alpha value is -1.11. The van der Waals surface area contributed by atoms with Gasteiger partial charge in [0, 0.05) is 26.2 Å². The Morgan fingerprint density at radius 3 is 2.55 bits per heavy atom. The molecule has 1 heterocycles. The number of ether oxygens (including phenoxy) is 1. The number of guanidine groups is 1. The number of hydrogen-bond acceptors (Lipinski definition) is 5. The highest BCUT2D eigenvalue weighted by molar-refractivity contribution is 14.0. The summed E-state index contributed by atoms with van der Waals surface area (Å²) in [6, 6.07) is 7.45. The van der Waals surface area contributed by atoms with E-state index in [1.54, 1.807) is 0 Å². The van der Waals surface area contributed by atoms with Crippen molar-refractivity contribution in [3.63, 3.8) is 0 Å². The average Bonchev–Trinajstić information content (AvgIpc) is 2.69. The number of nitrogens with one attached hydrogen (secondary N) is 2. The lowest BCUT2D eigenvalue weighted by molar-refractivity contribution is 0.185. The van der Waals surface area contributed by atoms with E-state index in [0.29, 0.717) is 31.5 Å². The summed E-state index contributed by atoms with van der Waals surface area (Å²) in [5.74, 6) is 1.77. The molecule has 10 heteroatoms. The van der Waals surface area contributed by atoms with Crippen LogP contribution in [0, 0.1) is 5.92 Å². The predicted molar refractivity (Wildman–Crippen MR) is 136 cm³/mol. The van der Waals surface area contributed by atoms with Crippen molar-refractivity contribution < 1.29 is 18.3 Å². The Labute approximate surface area is 203 Å². The van der Waals surface area contributed by atoms with E-state index in [0.717, 1.165) is 30.7 Å². The van der Waals surface area contributed by atoms with E-state index in [-0.39, 0.29) is 36.6 Å². The molecule has 3 N–H and O–H groups in total. The summed E-state index contributed by atoms with van der Waals surface area (Å²) in [4.78, 5) is 4.52. The molecule has 8 nitrogen and oxygen atoms in total. The number of rotatable bonds is 9. The summed E-state index contributed by atoms with van der Waals surface area (Å²) in [6.45, 7) is 8.71. The first kappa shape index (κ1) is 27.9. The monoisotopic (exact) mass is 568 g/mol. The zero-order valence-corrected chi connectivity index (χ0v) is 22.0. The Morgan fingerprint density at radius 1 is 1.29 bits per heavy atom. The van der Waals surface area contributed by atoms with Gasteiger partial charge in [-0.05, 0) is 57.2 Å². The van der Waals surface area contributed by atoms with Crippen LogP contribution in [0.25, 0.3) is 0 Å². The second kappa shape index (κ2) is 13.4. The van der Waals surface area contributed by atoms with Gasteiger partial charge in [-0.3, -0.25) is 4.99 Å². The summed E-state index contributed by atoms with van der Waals surface area (Å²) in [5.41, 5.74) is 0.765. The first-order chi connectivity index (χ1) is 14.2. The van der Waals surface area contributed by atoms with Crippen molar-refractivity contribution in [3.8, 4) is 5.75 Å². The van der Waals surface area contributed by atoms with E-state index in [9.17, 15) is 13.5 Å². The minimum absolute atomic E-state index is 0. The fourth-order valence-electron chi connectivity index (χ4n) is 3.38. The molecule has 0 aromatic heterocycles. The topological polar surface area (TPSA) is 103 Å². The Kier molecular flexibility index (Phi) is 12.1. The first-order valence-electron chi connectivity index (χ1n) is 10.6. The summed E-state index contributed by atoms with van der Waals surface area (Å²) in [7, 11) is -3.10. The van der Waals surface area contributed by atoms with Crippen LogP contribution in [0.5, 0.6) is 5.75 Å². The number of nitrogens with zero attached hydrogens (tertiary/aromatic N) is 2. The smallest absolute Gasteiger partial charge is 0.211 e. The zero-order valence-electron chi connectivity index (χ0n) is 18.9. The van der Waals surface area contributed by atoms with Gasteiger partial charge in [-0.2, -0.15) is 0 Å². The van der Waals surface area contributed by atoms with Crippen LogP contribution in [-0.2, 0) is 10.0 Å². The van der Waals surface area contributed by atoms with Gasteiger partial charge in [-0.1, -0.05) is 12.1 Å². The fourth-order valence-corrected chi connectivity index (χ4v) is 4.25. The molecule has 1 unspecified atom stereocenters. The maximum Gasteiger partial charge on any atom is 0.211 e. The van der Waals surface area contributed by atoms with Crippen molar-refractivity contribution in [1.82, 2.24) is 14.9 Å². The first-order valence-corrected chi connectivity index (χ1v) is 12.5. The molecule has 0 bridgehead atoms. The standard InChI is InChI=1S/C21H36N4O4S.HI/c1-5-22-21(23-14-17-9-11-25(12-10-17)30(4,27)28)24-15-20(26)18-7-6-8-19(13-18)29-16(2)3;/h6-8,13,16-17,20,26H,5,9-12,14-15H2,1-4H3,(H2,22,23,24);1H. The lowest BCUT2D eigenvalue weighted by atomic mass is 9.98. The van der Waals surface area contributed by atoms with Gasteiger partial charge in [0.15, 0.2) is 5.96 Å². The highest BCUT2D eigenvalue weighted by Crippen LogP contribution is 2.21. The second-order valence-electron chi connectivity index (χ2n) is 7.96. The van der Waals surface area contributed by atoms with Crippen LogP contribution in [-0.4, -0.2) is 68.9 Å². The highest BCUT2D eigenvalue weighted by atomic mass is 127. The predicted octanol–water partition coefficient (Wildman–Crippen LogP) is 2.35. The number of sulfonamides is 1. The zero-order chi connectivity index (χ0) is 22.1. The van der Waals surface area contributed by atoms with Crippen LogP contribution in [0.1, 0.15) is 45.3 Å². The summed E-state index contributed by atoms with van der Waals surface area (Å²) >= 11 is 0. The van der Waals surface area contributed by atoms with Crippen LogP contribution in [0.4, 0.5) is 0 Å². The van der Waals surface area contributed by atoms with Crippen molar-refractivity contribution in [3.05, 3.63) is 29.8 Å². The molecule has 1 fully saturated rings.